The van der Waals surface area contributed by atoms with Crippen LogP contribution in [0.1, 0.15) is 0 Å². The van der Waals surface area contributed by atoms with Crippen molar-refractivity contribution < 1.29 is 8.42 Å². The molecule has 0 unspecified atom stereocenters. The first-order chi connectivity index (χ1) is 8.44. The summed E-state index contributed by atoms with van der Waals surface area (Å²) in [6.07, 6.45) is 4.41. The Morgan fingerprint density at radius 3 is 2.44 bits per heavy atom. The lowest BCUT2D eigenvalue weighted by molar-refractivity contribution is 0.585. The molecule has 18 heavy (non-hydrogen) atoms. The molecule has 0 atom stereocenters. The molecule has 2 N–H and O–H groups in total. The van der Waals surface area contributed by atoms with Crippen LogP contribution in [0.25, 0.3) is 0 Å². The fourth-order valence-corrected chi connectivity index (χ4v) is 2.96. The van der Waals surface area contributed by atoms with Crippen LogP contribution in [-0.2, 0) is 17.1 Å². The van der Waals surface area contributed by atoms with E-state index in [0.717, 1.165) is 4.31 Å². The lowest BCUT2D eigenvalue weighted by Gasteiger charge is -2.19. The van der Waals surface area contributed by atoms with Crippen LogP contribution in [0.15, 0.2) is 35.9 Å². The molecule has 0 spiro atoms. The van der Waals surface area contributed by atoms with Gasteiger partial charge in [-0.15, -0.1) is 0 Å². The van der Waals surface area contributed by atoms with Crippen LogP contribution >= 0.6 is 0 Å². The van der Waals surface area contributed by atoms with Gasteiger partial charge in [0.1, 0.15) is 0 Å². The fraction of sp³-hybridized carbons (Fsp3) is 0.200. The molecule has 0 aliphatic heterocycles. The minimum Gasteiger partial charge on any atom is -0.381 e. The number of sulfonamides is 1. The molecule has 7 nitrogen and oxygen atoms in total. The highest BCUT2D eigenvalue weighted by Crippen LogP contribution is 2.23. The highest BCUT2D eigenvalue weighted by Gasteiger charge is 2.27. The van der Waals surface area contributed by atoms with E-state index in [1.807, 2.05) is 0 Å². The van der Waals surface area contributed by atoms with Crippen molar-refractivity contribution in [2.75, 3.05) is 17.1 Å². The molecule has 8 heteroatoms. The van der Waals surface area contributed by atoms with E-state index in [-0.39, 0.29) is 10.8 Å². The second kappa shape index (κ2) is 4.30. The smallest absolute Gasteiger partial charge is 0.283 e. The van der Waals surface area contributed by atoms with Gasteiger partial charge in [0.05, 0.1) is 12.0 Å². The summed E-state index contributed by atoms with van der Waals surface area (Å²) in [6, 6.07) is 3.20. The van der Waals surface area contributed by atoms with E-state index in [1.54, 1.807) is 19.2 Å². The molecule has 0 radical (unpaired) electrons. The predicted molar refractivity (Wildman–Crippen MR) is 67.4 cm³/mol. The first-order valence-corrected chi connectivity index (χ1v) is 6.54. The maximum Gasteiger partial charge on any atom is 0.283 e. The zero-order valence-corrected chi connectivity index (χ0v) is 10.8. The van der Waals surface area contributed by atoms with Crippen LogP contribution < -0.4 is 10.0 Å². The van der Waals surface area contributed by atoms with E-state index in [2.05, 4.69) is 9.97 Å². The van der Waals surface area contributed by atoms with E-state index >= 15 is 0 Å². The van der Waals surface area contributed by atoms with Crippen LogP contribution in [-0.4, -0.2) is 30.0 Å². The monoisotopic (exact) mass is 267 g/mol. The number of rotatable bonds is 3. The molecule has 0 aliphatic carbocycles. The van der Waals surface area contributed by atoms with Crippen molar-refractivity contribution in [1.82, 2.24) is 14.5 Å². The molecular formula is C10H13N5O2S. The average Bonchev–Trinajstić information content (AvgIpc) is 2.69. The number of anilines is 2. The van der Waals surface area contributed by atoms with Gasteiger partial charge in [-0.3, -0.25) is 9.29 Å². The van der Waals surface area contributed by atoms with Gasteiger partial charge in [-0.25, -0.2) is 4.98 Å². The summed E-state index contributed by atoms with van der Waals surface area (Å²) < 4.78 is 27.3. The molecule has 2 aromatic rings. The highest BCUT2D eigenvalue weighted by molar-refractivity contribution is 7.92. The number of nitrogens with two attached hydrogens (primary N) is 1. The van der Waals surface area contributed by atoms with Crippen molar-refractivity contribution >= 4 is 21.5 Å². The zero-order chi connectivity index (χ0) is 13.3. The normalized spacial score (nSPS) is 11.4. The maximum absolute atomic E-state index is 12.4. The number of hydrogen-bond donors (Lipinski definition) is 1. The molecule has 2 rings (SSSR count). The lowest BCUT2D eigenvalue weighted by atomic mass is 10.4. The first-order valence-electron chi connectivity index (χ1n) is 5.10. The molecule has 0 saturated heterocycles. The van der Waals surface area contributed by atoms with Gasteiger partial charge in [0.2, 0.25) is 0 Å². The zero-order valence-electron chi connectivity index (χ0n) is 9.98. The summed E-state index contributed by atoms with van der Waals surface area (Å²) >= 11 is 0. The van der Waals surface area contributed by atoms with Crippen molar-refractivity contribution in [1.29, 1.82) is 0 Å². The summed E-state index contributed by atoms with van der Waals surface area (Å²) in [4.78, 5) is 7.63. The van der Waals surface area contributed by atoms with Crippen LogP contribution in [0.4, 0.5) is 11.5 Å². The number of aryl methyl sites for hydroxylation is 1. The second-order valence-corrected chi connectivity index (χ2v) is 5.61. The summed E-state index contributed by atoms with van der Waals surface area (Å²) in [5.41, 5.74) is 6.10. The third kappa shape index (κ3) is 1.90. The minimum atomic E-state index is -3.73. The number of pyridine rings is 1. The van der Waals surface area contributed by atoms with Crippen LogP contribution in [0.3, 0.4) is 0 Å². The van der Waals surface area contributed by atoms with Gasteiger partial charge in [0.25, 0.3) is 10.0 Å². The quantitative estimate of drug-likeness (QED) is 0.858. The largest absolute Gasteiger partial charge is 0.381 e. The highest BCUT2D eigenvalue weighted by atomic mass is 32.2. The third-order valence-electron chi connectivity index (χ3n) is 2.54. The van der Waals surface area contributed by atoms with Crippen LogP contribution in [0, 0.1) is 0 Å². The Kier molecular flexibility index (Phi) is 2.95. The van der Waals surface area contributed by atoms with E-state index in [0.29, 0.717) is 5.69 Å². The van der Waals surface area contributed by atoms with Gasteiger partial charge in [-0.1, -0.05) is 0 Å². The molecule has 0 saturated carbocycles. The molecule has 0 aliphatic rings. The molecule has 96 valence electrons. The van der Waals surface area contributed by atoms with Gasteiger partial charge in [0.15, 0.2) is 10.8 Å². The number of hydrogen-bond acceptors (Lipinski definition) is 5. The van der Waals surface area contributed by atoms with Gasteiger partial charge < -0.3 is 10.3 Å². The summed E-state index contributed by atoms with van der Waals surface area (Å²) in [7, 11) is -0.694. The Labute approximate surface area is 105 Å². The lowest BCUT2D eigenvalue weighted by Crippen LogP contribution is -2.28. The van der Waals surface area contributed by atoms with Crippen molar-refractivity contribution in [2.24, 2.45) is 7.05 Å². The molecule has 0 fully saturated rings. The third-order valence-corrected chi connectivity index (χ3v) is 4.46. The summed E-state index contributed by atoms with van der Waals surface area (Å²) in [5, 5.41) is -0.0261. The van der Waals surface area contributed by atoms with Crippen molar-refractivity contribution in [3.05, 3.63) is 30.9 Å². The SMILES string of the molecule is CN(c1ccncc1)S(=O)(=O)c1c(N)ncn1C. The van der Waals surface area contributed by atoms with Gasteiger partial charge in [0, 0.05) is 26.5 Å². The summed E-state index contributed by atoms with van der Waals surface area (Å²) in [5.74, 6) is -0.0154. The minimum absolute atomic E-state index is 0.0154. The van der Waals surface area contributed by atoms with E-state index < -0.39 is 10.0 Å². The Morgan fingerprint density at radius 1 is 1.33 bits per heavy atom. The van der Waals surface area contributed by atoms with E-state index in [4.69, 9.17) is 5.73 Å². The summed E-state index contributed by atoms with van der Waals surface area (Å²) in [6.45, 7) is 0. The van der Waals surface area contributed by atoms with Crippen molar-refractivity contribution in [3.8, 4) is 0 Å². The Bertz CT molecular complexity index is 631. The fourth-order valence-electron chi connectivity index (χ4n) is 1.57. The van der Waals surface area contributed by atoms with Crippen LogP contribution in [0.5, 0.6) is 0 Å². The standard InChI is InChI=1S/C10H13N5O2S/c1-14-7-13-9(11)10(14)18(16,17)15(2)8-3-5-12-6-4-8/h3-7H,11H2,1-2H3. The first kappa shape index (κ1) is 12.4. The molecule has 2 aromatic heterocycles. The Balaban J connectivity index is 2.51. The van der Waals surface area contributed by atoms with Crippen LogP contribution in [0.2, 0.25) is 0 Å². The Morgan fingerprint density at radius 2 is 1.94 bits per heavy atom. The number of imidazole rings is 1. The van der Waals surface area contributed by atoms with Gasteiger partial charge >= 0.3 is 0 Å². The molecule has 0 bridgehead atoms. The molecule has 2 heterocycles. The molecular weight excluding hydrogens is 254 g/mol. The second-order valence-electron chi connectivity index (χ2n) is 3.72. The number of nitrogens with zero attached hydrogens (tertiary/aromatic N) is 4. The van der Waals surface area contributed by atoms with Gasteiger partial charge in [-0.2, -0.15) is 8.42 Å². The number of aromatic nitrogens is 3. The average molecular weight is 267 g/mol. The Hall–Kier alpha value is -2.09. The topological polar surface area (TPSA) is 94.1 Å². The van der Waals surface area contributed by atoms with E-state index in [9.17, 15) is 8.42 Å². The maximum atomic E-state index is 12.4. The van der Waals surface area contributed by atoms with Crippen molar-refractivity contribution in [2.45, 2.75) is 5.03 Å². The van der Waals surface area contributed by atoms with Crippen molar-refractivity contribution in [3.63, 3.8) is 0 Å². The predicted octanol–water partition coefficient (Wildman–Crippen LogP) is 0.222. The van der Waals surface area contributed by atoms with E-state index in [1.165, 1.54) is 30.3 Å². The molecule has 0 aromatic carbocycles. The van der Waals surface area contributed by atoms with Gasteiger partial charge in [-0.05, 0) is 12.1 Å². The molecule has 0 amide bonds. The number of nitrogen functional groups attached to an aromatic ring is 1.